The van der Waals surface area contributed by atoms with Crippen molar-refractivity contribution in [1.82, 2.24) is 0 Å². The van der Waals surface area contributed by atoms with Gasteiger partial charge in [-0.15, -0.1) is 0 Å². The van der Waals surface area contributed by atoms with E-state index in [9.17, 15) is 8.42 Å². The summed E-state index contributed by atoms with van der Waals surface area (Å²) in [6, 6.07) is 14.0. The summed E-state index contributed by atoms with van der Waals surface area (Å²) in [5, 5.41) is 2.27. The van der Waals surface area contributed by atoms with Crippen LogP contribution in [0.3, 0.4) is 0 Å². The van der Waals surface area contributed by atoms with Gasteiger partial charge in [-0.25, -0.2) is 0 Å². The Balaban J connectivity index is 2.04. The summed E-state index contributed by atoms with van der Waals surface area (Å²) >= 11 is 0. The first-order valence-electron chi connectivity index (χ1n) is 5.82. The van der Waals surface area contributed by atoms with Crippen LogP contribution in [0.4, 0.5) is 0 Å². The van der Waals surface area contributed by atoms with Crippen molar-refractivity contribution in [2.45, 2.75) is 6.54 Å². The SMILES string of the molecule is NC(CSS(=O)(=O)O)=NCc1ccc2ccccc2c1. The van der Waals surface area contributed by atoms with Crippen molar-refractivity contribution in [3.8, 4) is 0 Å². The molecule has 2 aromatic rings. The van der Waals surface area contributed by atoms with Gasteiger partial charge in [-0.1, -0.05) is 36.4 Å². The van der Waals surface area contributed by atoms with E-state index in [1.54, 1.807) is 0 Å². The van der Waals surface area contributed by atoms with Crippen LogP contribution in [-0.4, -0.2) is 24.6 Å². The number of fused-ring (bicyclic) bond motifs is 1. The second-order valence-electron chi connectivity index (χ2n) is 4.18. The van der Waals surface area contributed by atoms with Gasteiger partial charge in [0.2, 0.25) is 0 Å². The summed E-state index contributed by atoms with van der Waals surface area (Å²) in [7, 11) is -3.72. The molecule has 2 rings (SSSR count). The first-order valence-corrected chi connectivity index (χ1v) is 8.76. The molecule has 2 aromatic carbocycles. The average Bonchev–Trinajstić information content (AvgIpc) is 2.42. The van der Waals surface area contributed by atoms with Crippen molar-refractivity contribution in [2.75, 3.05) is 5.75 Å². The molecule has 0 heterocycles. The Kier molecular flexibility index (Phi) is 4.64. The first-order chi connectivity index (χ1) is 9.44. The van der Waals surface area contributed by atoms with Gasteiger partial charge in [-0.05, 0) is 22.4 Å². The molecule has 0 spiro atoms. The van der Waals surface area contributed by atoms with Crippen LogP contribution in [-0.2, 0) is 15.7 Å². The van der Waals surface area contributed by atoms with Crippen LogP contribution in [0.15, 0.2) is 47.5 Å². The molecule has 0 aliphatic rings. The lowest BCUT2D eigenvalue weighted by molar-refractivity contribution is 0.503. The van der Waals surface area contributed by atoms with E-state index in [1.807, 2.05) is 42.5 Å². The smallest absolute Gasteiger partial charge is 0.320 e. The fraction of sp³-hybridized carbons (Fsp3) is 0.154. The Morgan fingerprint density at radius 2 is 1.90 bits per heavy atom. The molecule has 0 amide bonds. The van der Waals surface area contributed by atoms with E-state index in [0.29, 0.717) is 17.3 Å². The zero-order valence-electron chi connectivity index (χ0n) is 10.6. The van der Waals surface area contributed by atoms with Crippen molar-refractivity contribution < 1.29 is 13.0 Å². The van der Waals surface area contributed by atoms with Crippen LogP contribution >= 0.6 is 10.8 Å². The molecule has 0 radical (unpaired) electrons. The van der Waals surface area contributed by atoms with Crippen LogP contribution in [0, 0.1) is 0 Å². The summed E-state index contributed by atoms with van der Waals surface area (Å²) in [5.41, 5.74) is 6.58. The van der Waals surface area contributed by atoms with Gasteiger partial charge in [0.15, 0.2) is 0 Å². The Morgan fingerprint density at radius 3 is 2.60 bits per heavy atom. The second-order valence-corrected chi connectivity index (χ2v) is 7.53. The van der Waals surface area contributed by atoms with Crippen LogP contribution in [0.25, 0.3) is 10.8 Å². The summed E-state index contributed by atoms with van der Waals surface area (Å²) in [5.74, 6) is 0.132. The molecule has 0 bridgehead atoms. The van der Waals surface area contributed by atoms with Crippen LogP contribution in [0.5, 0.6) is 0 Å². The molecule has 3 N–H and O–H groups in total. The number of hydrogen-bond donors (Lipinski definition) is 2. The van der Waals surface area contributed by atoms with Gasteiger partial charge in [0.1, 0.15) is 5.84 Å². The number of benzene rings is 2. The largest absolute Gasteiger partial charge is 0.387 e. The molecule has 0 fully saturated rings. The predicted octanol–water partition coefficient (Wildman–Crippen LogP) is 2.23. The number of hydrogen-bond acceptors (Lipinski definition) is 4. The van der Waals surface area contributed by atoms with Crippen molar-refractivity contribution >= 4 is 36.6 Å². The van der Waals surface area contributed by atoms with E-state index in [1.165, 1.54) is 0 Å². The third kappa shape index (κ3) is 4.52. The zero-order chi connectivity index (χ0) is 14.6. The maximum Gasteiger partial charge on any atom is 0.320 e. The van der Waals surface area contributed by atoms with E-state index < -0.39 is 9.15 Å². The molecule has 0 aliphatic carbocycles. The lowest BCUT2D eigenvalue weighted by Crippen LogP contribution is -2.16. The van der Waals surface area contributed by atoms with Gasteiger partial charge in [0.25, 0.3) is 0 Å². The maximum absolute atomic E-state index is 10.6. The fourth-order valence-corrected chi connectivity index (χ4v) is 2.88. The number of amidine groups is 1. The maximum atomic E-state index is 10.6. The molecule has 20 heavy (non-hydrogen) atoms. The number of nitrogens with zero attached hydrogens (tertiary/aromatic N) is 1. The number of aliphatic imine (C=N–C) groups is 1. The number of rotatable bonds is 5. The first kappa shape index (κ1) is 14.8. The highest BCUT2D eigenvalue weighted by Gasteiger charge is 2.06. The molecule has 0 atom stereocenters. The van der Waals surface area contributed by atoms with Crippen molar-refractivity contribution in [1.29, 1.82) is 0 Å². The van der Waals surface area contributed by atoms with Gasteiger partial charge >= 0.3 is 9.15 Å². The van der Waals surface area contributed by atoms with Crippen LogP contribution in [0.1, 0.15) is 5.56 Å². The molecule has 106 valence electrons. The van der Waals surface area contributed by atoms with Gasteiger partial charge in [0, 0.05) is 10.8 Å². The summed E-state index contributed by atoms with van der Waals surface area (Å²) in [4.78, 5) is 4.10. The second kappa shape index (κ2) is 6.25. The third-order valence-corrected chi connectivity index (χ3v) is 4.59. The average molecular weight is 310 g/mol. The van der Waals surface area contributed by atoms with Crippen molar-refractivity contribution in [3.63, 3.8) is 0 Å². The Bertz CT molecular complexity index is 742. The van der Waals surface area contributed by atoms with Crippen molar-refractivity contribution in [3.05, 3.63) is 48.0 Å². The van der Waals surface area contributed by atoms with E-state index in [2.05, 4.69) is 4.99 Å². The minimum absolute atomic E-state index is 0.0492. The van der Waals surface area contributed by atoms with E-state index in [0.717, 1.165) is 16.3 Å². The van der Waals surface area contributed by atoms with E-state index in [-0.39, 0.29) is 11.6 Å². The normalized spacial score (nSPS) is 12.8. The molecular formula is C13H14N2O3S2. The van der Waals surface area contributed by atoms with Gasteiger partial charge < -0.3 is 5.73 Å². The molecule has 5 nitrogen and oxygen atoms in total. The Labute approximate surface area is 121 Å². The molecule has 0 saturated heterocycles. The molecule has 0 aromatic heterocycles. The van der Waals surface area contributed by atoms with Crippen LogP contribution in [0.2, 0.25) is 0 Å². The minimum Gasteiger partial charge on any atom is -0.387 e. The number of nitrogens with two attached hydrogens (primary N) is 1. The highest BCUT2D eigenvalue weighted by atomic mass is 33.1. The van der Waals surface area contributed by atoms with Crippen LogP contribution < -0.4 is 5.73 Å². The Hall–Kier alpha value is -1.57. The molecule has 7 heteroatoms. The Morgan fingerprint density at radius 1 is 1.20 bits per heavy atom. The third-order valence-electron chi connectivity index (χ3n) is 2.63. The van der Waals surface area contributed by atoms with Gasteiger partial charge in [-0.3, -0.25) is 9.55 Å². The van der Waals surface area contributed by atoms with Crippen molar-refractivity contribution in [2.24, 2.45) is 10.7 Å². The standard InChI is InChI=1S/C13H14N2O3S2/c14-13(9-19-20(16,17)18)15-8-10-5-6-11-3-1-2-4-12(11)7-10/h1-7H,8-9H2,(H2,14,15)(H,16,17,18). The minimum atomic E-state index is -4.08. The quantitative estimate of drug-likeness (QED) is 0.382. The zero-order valence-corrected chi connectivity index (χ0v) is 12.2. The van der Waals surface area contributed by atoms with E-state index in [4.69, 9.17) is 10.3 Å². The summed E-state index contributed by atoms with van der Waals surface area (Å²) in [6.45, 7) is 0.378. The van der Waals surface area contributed by atoms with Gasteiger partial charge in [0.05, 0.1) is 12.3 Å². The monoisotopic (exact) mass is 310 g/mol. The summed E-state index contributed by atoms with van der Waals surface area (Å²) < 4.78 is 29.7. The molecular weight excluding hydrogens is 296 g/mol. The topological polar surface area (TPSA) is 92.8 Å². The summed E-state index contributed by atoms with van der Waals surface area (Å²) in [6.07, 6.45) is 0. The van der Waals surface area contributed by atoms with Gasteiger partial charge in [-0.2, -0.15) is 8.42 Å². The molecule has 0 unspecified atom stereocenters. The predicted molar refractivity (Wildman–Crippen MR) is 83.3 cm³/mol. The highest BCUT2D eigenvalue weighted by molar-refractivity contribution is 8.70. The molecule has 0 aliphatic heterocycles. The lowest BCUT2D eigenvalue weighted by atomic mass is 10.1. The van der Waals surface area contributed by atoms with E-state index >= 15 is 0 Å². The fourth-order valence-electron chi connectivity index (χ4n) is 1.71. The lowest BCUT2D eigenvalue weighted by Gasteiger charge is -2.02. The highest BCUT2D eigenvalue weighted by Crippen LogP contribution is 2.16. The molecule has 0 saturated carbocycles.